The SMILES string of the molecule is CS(=O)(=O)CCS(=O)(=O)CC(=O)c1ccc2c(c1)CCC2. The van der Waals surface area contributed by atoms with Gasteiger partial charge in [0.15, 0.2) is 15.6 Å². The second-order valence-electron chi connectivity index (χ2n) is 5.48. The summed E-state index contributed by atoms with van der Waals surface area (Å²) in [5, 5.41) is 0. The molecule has 1 aromatic carbocycles. The fourth-order valence-corrected chi connectivity index (χ4v) is 5.32. The van der Waals surface area contributed by atoms with Gasteiger partial charge in [0.2, 0.25) is 0 Å². The fourth-order valence-electron chi connectivity index (χ4n) is 2.38. The van der Waals surface area contributed by atoms with E-state index >= 15 is 0 Å². The minimum Gasteiger partial charge on any atom is -0.293 e. The van der Waals surface area contributed by atoms with Gasteiger partial charge in [-0.1, -0.05) is 12.1 Å². The summed E-state index contributed by atoms with van der Waals surface area (Å²) >= 11 is 0. The van der Waals surface area contributed by atoms with Gasteiger partial charge in [-0.15, -0.1) is 0 Å². The van der Waals surface area contributed by atoms with Gasteiger partial charge in [-0.25, -0.2) is 16.8 Å². The van der Waals surface area contributed by atoms with Gasteiger partial charge in [-0.2, -0.15) is 0 Å². The molecule has 7 heteroatoms. The van der Waals surface area contributed by atoms with E-state index in [0.717, 1.165) is 31.1 Å². The zero-order valence-electron chi connectivity index (χ0n) is 11.8. The van der Waals surface area contributed by atoms with E-state index in [9.17, 15) is 21.6 Å². The van der Waals surface area contributed by atoms with Gasteiger partial charge < -0.3 is 0 Å². The highest BCUT2D eigenvalue weighted by molar-refractivity contribution is 7.95. The lowest BCUT2D eigenvalue weighted by atomic mass is 10.0. The van der Waals surface area contributed by atoms with Crippen molar-refractivity contribution < 1.29 is 21.6 Å². The zero-order valence-corrected chi connectivity index (χ0v) is 13.5. The van der Waals surface area contributed by atoms with Crippen molar-refractivity contribution in [3.8, 4) is 0 Å². The minimum atomic E-state index is -3.70. The molecular formula is C14H18O5S2. The van der Waals surface area contributed by atoms with Crippen molar-refractivity contribution in [1.82, 2.24) is 0 Å². The van der Waals surface area contributed by atoms with E-state index in [1.807, 2.05) is 6.07 Å². The molecule has 0 radical (unpaired) electrons. The van der Waals surface area contributed by atoms with Gasteiger partial charge in [0.05, 0.1) is 11.5 Å². The lowest BCUT2D eigenvalue weighted by molar-refractivity contribution is 0.102. The smallest absolute Gasteiger partial charge is 0.177 e. The van der Waals surface area contributed by atoms with Crippen LogP contribution in [0.1, 0.15) is 27.9 Å². The molecule has 0 saturated carbocycles. The maximum absolute atomic E-state index is 12.1. The maximum Gasteiger partial charge on any atom is 0.177 e. The van der Waals surface area contributed by atoms with Crippen molar-refractivity contribution in [2.75, 3.05) is 23.5 Å². The Kier molecular flexibility index (Phi) is 4.53. The molecule has 0 aromatic heterocycles. The first-order valence-corrected chi connectivity index (χ1v) is 10.6. The highest BCUT2D eigenvalue weighted by Crippen LogP contribution is 2.23. The number of benzene rings is 1. The monoisotopic (exact) mass is 330 g/mol. The standard InChI is InChI=1S/C14H18O5S2/c1-20(16,17)7-8-21(18,19)10-14(15)13-6-5-11-3-2-4-12(11)9-13/h5-6,9H,2-4,7-8,10H2,1H3. The number of hydrogen-bond donors (Lipinski definition) is 0. The summed E-state index contributed by atoms with van der Waals surface area (Å²) in [6.07, 6.45) is 3.94. The predicted molar refractivity (Wildman–Crippen MR) is 81.2 cm³/mol. The average Bonchev–Trinajstić information content (AvgIpc) is 2.82. The molecule has 0 spiro atoms. The summed E-state index contributed by atoms with van der Waals surface area (Å²) in [6.45, 7) is 0. The first-order valence-electron chi connectivity index (χ1n) is 6.69. The molecule has 1 aliphatic carbocycles. The second-order valence-corrected chi connectivity index (χ2v) is 9.93. The van der Waals surface area contributed by atoms with Crippen LogP contribution in [0.25, 0.3) is 0 Å². The first kappa shape index (κ1) is 16.2. The van der Waals surface area contributed by atoms with E-state index in [1.54, 1.807) is 12.1 Å². The van der Waals surface area contributed by atoms with Crippen molar-refractivity contribution in [3.63, 3.8) is 0 Å². The van der Waals surface area contributed by atoms with Crippen molar-refractivity contribution in [3.05, 3.63) is 34.9 Å². The lowest BCUT2D eigenvalue weighted by Crippen LogP contribution is -2.23. The number of rotatable bonds is 6. The Hall–Kier alpha value is -1.21. The number of hydrogen-bond acceptors (Lipinski definition) is 5. The van der Waals surface area contributed by atoms with Crippen LogP contribution in [-0.2, 0) is 32.5 Å². The van der Waals surface area contributed by atoms with Crippen LogP contribution in [0.5, 0.6) is 0 Å². The van der Waals surface area contributed by atoms with Crippen LogP contribution in [0.4, 0.5) is 0 Å². The Labute approximate surface area is 125 Å². The molecule has 1 aliphatic rings. The summed E-state index contributed by atoms with van der Waals surface area (Å²) in [7, 11) is -7.06. The van der Waals surface area contributed by atoms with Gasteiger partial charge in [-0.3, -0.25) is 4.79 Å². The van der Waals surface area contributed by atoms with Crippen molar-refractivity contribution >= 4 is 25.5 Å². The molecule has 0 heterocycles. The number of sulfone groups is 2. The molecule has 0 aliphatic heterocycles. The van der Waals surface area contributed by atoms with Crippen LogP contribution in [0.3, 0.4) is 0 Å². The third kappa shape index (κ3) is 4.64. The second kappa shape index (κ2) is 5.88. The van der Waals surface area contributed by atoms with Crippen LogP contribution < -0.4 is 0 Å². The molecule has 116 valence electrons. The van der Waals surface area contributed by atoms with Gasteiger partial charge in [-0.05, 0) is 36.5 Å². The molecular weight excluding hydrogens is 312 g/mol. The number of aryl methyl sites for hydroxylation is 2. The van der Waals surface area contributed by atoms with Crippen LogP contribution in [0.2, 0.25) is 0 Å². The summed E-state index contributed by atoms with van der Waals surface area (Å²) in [6, 6.07) is 5.29. The highest BCUT2D eigenvalue weighted by Gasteiger charge is 2.21. The van der Waals surface area contributed by atoms with Crippen LogP contribution in [0.15, 0.2) is 18.2 Å². The first-order chi connectivity index (χ1) is 9.66. The molecule has 0 unspecified atom stereocenters. The van der Waals surface area contributed by atoms with E-state index in [4.69, 9.17) is 0 Å². The topological polar surface area (TPSA) is 85.3 Å². The Balaban J connectivity index is 2.07. The zero-order chi connectivity index (χ0) is 15.7. The van der Waals surface area contributed by atoms with Crippen LogP contribution in [0, 0.1) is 0 Å². The van der Waals surface area contributed by atoms with E-state index in [-0.39, 0.29) is 0 Å². The minimum absolute atomic E-state index is 0.388. The highest BCUT2D eigenvalue weighted by atomic mass is 32.2. The molecule has 0 fully saturated rings. The summed E-state index contributed by atoms with van der Waals surface area (Å²) in [5.41, 5.74) is 2.71. The Morgan fingerprint density at radius 2 is 1.71 bits per heavy atom. The molecule has 5 nitrogen and oxygen atoms in total. The van der Waals surface area contributed by atoms with Gasteiger partial charge in [0.1, 0.15) is 15.6 Å². The summed E-state index contributed by atoms with van der Waals surface area (Å²) < 4.78 is 45.6. The van der Waals surface area contributed by atoms with Gasteiger partial charge in [0, 0.05) is 11.8 Å². The van der Waals surface area contributed by atoms with Crippen LogP contribution in [-0.4, -0.2) is 46.1 Å². The van der Waals surface area contributed by atoms with Crippen molar-refractivity contribution in [1.29, 1.82) is 0 Å². The molecule has 2 rings (SSSR count). The number of ketones is 1. The molecule has 0 saturated heterocycles. The number of carbonyl (C=O) groups is 1. The Morgan fingerprint density at radius 1 is 1.05 bits per heavy atom. The average molecular weight is 330 g/mol. The van der Waals surface area contributed by atoms with E-state index in [0.29, 0.717) is 5.56 Å². The Bertz CT molecular complexity index is 761. The summed E-state index contributed by atoms with van der Waals surface area (Å²) in [5.74, 6) is -2.07. The fraction of sp³-hybridized carbons (Fsp3) is 0.500. The van der Waals surface area contributed by atoms with Gasteiger partial charge in [0.25, 0.3) is 0 Å². The molecule has 1 aromatic rings. The van der Waals surface area contributed by atoms with E-state index in [2.05, 4.69) is 0 Å². The van der Waals surface area contributed by atoms with E-state index < -0.39 is 42.7 Å². The third-order valence-corrected chi connectivity index (χ3v) is 6.27. The molecule has 0 N–H and O–H groups in total. The molecule has 0 amide bonds. The maximum atomic E-state index is 12.1. The molecule has 0 bridgehead atoms. The summed E-state index contributed by atoms with van der Waals surface area (Å²) in [4.78, 5) is 12.1. The van der Waals surface area contributed by atoms with E-state index in [1.165, 1.54) is 5.56 Å². The number of Topliss-reactive ketones (excluding diaryl/α,β-unsaturated/α-hetero) is 1. The number of fused-ring (bicyclic) bond motifs is 1. The lowest BCUT2D eigenvalue weighted by Gasteiger charge is -2.05. The molecule has 0 atom stereocenters. The van der Waals surface area contributed by atoms with Gasteiger partial charge >= 0.3 is 0 Å². The third-order valence-electron chi connectivity index (χ3n) is 3.54. The number of carbonyl (C=O) groups excluding carboxylic acids is 1. The Morgan fingerprint density at radius 3 is 2.38 bits per heavy atom. The quantitative estimate of drug-likeness (QED) is 0.721. The van der Waals surface area contributed by atoms with Crippen LogP contribution >= 0.6 is 0 Å². The predicted octanol–water partition coefficient (Wildman–Crippen LogP) is 0.817. The van der Waals surface area contributed by atoms with Crippen molar-refractivity contribution in [2.24, 2.45) is 0 Å². The normalized spacial score (nSPS) is 14.9. The largest absolute Gasteiger partial charge is 0.293 e. The molecule has 21 heavy (non-hydrogen) atoms. The van der Waals surface area contributed by atoms with Crippen molar-refractivity contribution in [2.45, 2.75) is 19.3 Å².